The molecule has 108 valence electrons. The first-order valence-electron chi connectivity index (χ1n) is 7.34. The van der Waals surface area contributed by atoms with Crippen molar-refractivity contribution < 1.29 is 9.84 Å². The lowest BCUT2D eigenvalue weighted by Gasteiger charge is -2.40. The number of hydrogen-bond donors (Lipinski definition) is 1. The lowest BCUT2D eigenvalue weighted by Crippen LogP contribution is -2.51. The Hall–Kier alpha value is -0.120. The van der Waals surface area contributed by atoms with E-state index in [0.29, 0.717) is 12.1 Å². The topological polar surface area (TPSA) is 32.7 Å². The van der Waals surface area contributed by atoms with Gasteiger partial charge in [0, 0.05) is 18.6 Å². The largest absolute Gasteiger partial charge is 0.395 e. The summed E-state index contributed by atoms with van der Waals surface area (Å²) in [5, 5.41) is 9.35. The molecule has 1 heterocycles. The molecule has 0 aromatic rings. The number of rotatable bonds is 6. The van der Waals surface area contributed by atoms with Crippen LogP contribution in [0.25, 0.3) is 0 Å². The van der Waals surface area contributed by atoms with Gasteiger partial charge in [-0.2, -0.15) is 0 Å². The van der Waals surface area contributed by atoms with Gasteiger partial charge in [-0.3, -0.25) is 4.90 Å². The summed E-state index contributed by atoms with van der Waals surface area (Å²) in [7, 11) is 0. The molecule has 1 aliphatic rings. The lowest BCUT2D eigenvalue weighted by atomic mass is 9.91. The lowest BCUT2D eigenvalue weighted by molar-refractivity contribution is -0.0855. The first-order chi connectivity index (χ1) is 8.27. The average Bonchev–Trinajstić information content (AvgIpc) is 2.47. The molecular formula is C15H31NO2. The molecule has 1 N–H and O–H groups in total. The summed E-state index contributed by atoms with van der Waals surface area (Å²) in [5.74, 6) is 0. The van der Waals surface area contributed by atoms with Crippen LogP contribution in [0.15, 0.2) is 0 Å². The SMILES string of the molecule is CCC(CC)N(CCO)C1CC(C)(C)OC1(C)C. The summed E-state index contributed by atoms with van der Waals surface area (Å²) >= 11 is 0. The molecule has 0 aromatic carbocycles. The summed E-state index contributed by atoms with van der Waals surface area (Å²) in [6.07, 6.45) is 3.30. The van der Waals surface area contributed by atoms with E-state index in [1.165, 1.54) is 0 Å². The van der Waals surface area contributed by atoms with Gasteiger partial charge in [0.05, 0.1) is 17.8 Å². The van der Waals surface area contributed by atoms with Gasteiger partial charge in [0.1, 0.15) is 0 Å². The summed E-state index contributed by atoms with van der Waals surface area (Å²) in [4.78, 5) is 2.47. The van der Waals surface area contributed by atoms with Crippen LogP contribution < -0.4 is 0 Å². The Bertz CT molecular complexity index is 259. The van der Waals surface area contributed by atoms with E-state index in [9.17, 15) is 5.11 Å². The molecule has 0 amide bonds. The zero-order chi connectivity index (χ0) is 14.0. The third-order valence-electron chi connectivity index (χ3n) is 4.20. The van der Waals surface area contributed by atoms with E-state index in [1.807, 2.05) is 0 Å². The Kier molecular flexibility index (Phi) is 5.22. The van der Waals surface area contributed by atoms with Crippen LogP contribution in [0.2, 0.25) is 0 Å². The van der Waals surface area contributed by atoms with Crippen molar-refractivity contribution >= 4 is 0 Å². The quantitative estimate of drug-likeness (QED) is 0.794. The number of aliphatic hydroxyl groups excluding tert-OH is 1. The Morgan fingerprint density at radius 2 is 1.78 bits per heavy atom. The Labute approximate surface area is 113 Å². The van der Waals surface area contributed by atoms with Crippen LogP contribution in [-0.4, -0.2) is 46.4 Å². The van der Waals surface area contributed by atoms with E-state index < -0.39 is 0 Å². The van der Waals surface area contributed by atoms with Gasteiger partial charge in [-0.15, -0.1) is 0 Å². The molecule has 0 spiro atoms. The zero-order valence-corrected chi connectivity index (χ0v) is 13.0. The molecule has 1 saturated heterocycles. The fourth-order valence-corrected chi connectivity index (χ4v) is 3.52. The number of aliphatic hydroxyl groups is 1. The van der Waals surface area contributed by atoms with Crippen molar-refractivity contribution in [1.82, 2.24) is 4.90 Å². The van der Waals surface area contributed by atoms with E-state index in [-0.39, 0.29) is 17.8 Å². The summed E-state index contributed by atoms with van der Waals surface area (Å²) < 4.78 is 6.19. The van der Waals surface area contributed by atoms with Crippen molar-refractivity contribution in [2.24, 2.45) is 0 Å². The molecule has 3 nitrogen and oxygen atoms in total. The highest BCUT2D eigenvalue weighted by molar-refractivity contribution is 5.01. The number of ether oxygens (including phenoxy) is 1. The van der Waals surface area contributed by atoms with Gasteiger partial charge in [0.25, 0.3) is 0 Å². The highest BCUT2D eigenvalue weighted by atomic mass is 16.5. The van der Waals surface area contributed by atoms with E-state index in [2.05, 4.69) is 46.4 Å². The predicted octanol–water partition coefficient (Wildman–Crippen LogP) is 2.82. The van der Waals surface area contributed by atoms with Gasteiger partial charge in [-0.05, 0) is 47.0 Å². The Balaban J connectivity index is 2.91. The zero-order valence-electron chi connectivity index (χ0n) is 13.0. The smallest absolute Gasteiger partial charge is 0.0789 e. The molecule has 0 radical (unpaired) electrons. The fourth-order valence-electron chi connectivity index (χ4n) is 3.52. The van der Waals surface area contributed by atoms with Crippen LogP contribution in [-0.2, 0) is 4.74 Å². The maximum Gasteiger partial charge on any atom is 0.0789 e. The minimum Gasteiger partial charge on any atom is -0.395 e. The van der Waals surface area contributed by atoms with Crippen LogP contribution in [0.3, 0.4) is 0 Å². The Morgan fingerprint density at radius 1 is 1.22 bits per heavy atom. The van der Waals surface area contributed by atoms with Crippen molar-refractivity contribution in [1.29, 1.82) is 0 Å². The third kappa shape index (κ3) is 3.46. The first-order valence-corrected chi connectivity index (χ1v) is 7.34. The van der Waals surface area contributed by atoms with E-state index >= 15 is 0 Å². The minimum atomic E-state index is -0.138. The van der Waals surface area contributed by atoms with Crippen molar-refractivity contribution in [3.8, 4) is 0 Å². The molecule has 1 aliphatic heterocycles. The highest BCUT2D eigenvalue weighted by Gasteiger charge is 2.49. The second-order valence-corrected chi connectivity index (χ2v) is 6.62. The molecule has 1 fully saturated rings. The second-order valence-electron chi connectivity index (χ2n) is 6.62. The van der Waals surface area contributed by atoms with Gasteiger partial charge in [0.15, 0.2) is 0 Å². The van der Waals surface area contributed by atoms with Gasteiger partial charge in [-0.25, -0.2) is 0 Å². The molecule has 0 bridgehead atoms. The van der Waals surface area contributed by atoms with E-state index in [4.69, 9.17) is 4.74 Å². The molecule has 0 saturated carbocycles. The molecule has 0 aliphatic carbocycles. The molecule has 1 unspecified atom stereocenters. The normalized spacial score (nSPS) is 26.2. The van der Waals surface area contributed by atoms with Gasteiger partial charge in [0.2, 0.25) is 0 Å². The second kappa shape index (κ2) is 5.89. The molecule has 3 heteroatoms. The first kappa shape index (κ1) is 15.9. The summed E-state index contributed by atoms with van der Waals surface area (Å²) in [6.45, 7) is 14.1. The monoisotopic (exact) mass is 257 g/mol. The van der Waals surface area contributed by atoms with Crippen molar-refractivity contribution in [2.75, 3.05) is 13.2 Å². The van der Waals surface area contributed by atoms with Crippen molar-refractivity contribution in [3.63, 3.8) is 0 Å². The summed E-state index contributed by atoms with van der Waals surface area (Å²) in [6, 6.07) is 0.934. The minimum absolute atomic E-state index is 0.0616. The van der Waals surface area contributed by atoms with Gasteiger partial charge >= 0.3 is 0 Å². The van der Waals surface area contributed by atoms with Crippen LogP contribution in [0.4, 0.5) is 0 Å². The Morgan fingerprint density at radius 3 is 2.11 bits per heavy atom. The van der Waals surface area contributed by atoms with E-state index in [0.717, 1.165) is 25.8 Å². The third-order valence-corrected chi connectivity index (χ3v) is 4.20. The van der Waals surface area contributed by atoms with Gasteiger partial charge < -0.3 is 9.84 Å². The van der Waals surface area contributed by atoms with Crippen LogP contribution in [0, 0.1) is 0 Å². The van der Waals surface area contributed by atoms with E-state index in [1.54, 1.807) is 0 Å². The fraction of sp³-hybridized carbons (Fsp3) is 1.00. The highest BCUT2D eigenvalue weighted by Crippen LogP contribution is 2.41. The molecule has 0 aromatic heterocycles. The maximum absolute atomic E-state index is 9.35. The number of hydrogen-bond acceptors (Lipinski definition) is 3. The number of nitrogens with zero attached hydrogens (tertiary/aromatic N) is 1. The average molecular weight is 257 g/mol. The van der Waals surface area contributed by atoms with Crippen LogP contribution in [0.1, 0.15) is 60.8 Å². The van der Waals surface area contributed by atoms with Crippen LogP contribution >= 0.6 is 0 Å². The maximum atomic E-state index is 9.35. The standard InChI is InChI=1S/C15H31NO2/c1-7-12(8-2)16(9-10-17)13-11-14(3,4)18-15(13,5)6/h12-13,17H,7-11H2,1-6H3. The molecule has 1 rings (SSSR count). The molecule has 1 atom stereocenters. The predicted molar refractivity (Wildman–Crippen MR) is 75.8 cm³/mol. The van der Waals surface area contributed by atoms with Crippen LogP contribution in [0.5, 0.6) is 0 Å². The van der Waals surface area contributed by atoms with Gasteiger partial charge in [-0.1, -0.05) is 13.8 Å². The summed E-state index contributed by atoms with van der Waals surface area (Å²) in [5.41, 5.74) is -0.199. The molecule has 18 heavy (non-hydrogen) atoms. The van der Waals surface area contributed by atoms with Crippen molar-refractivity contribution in [2.45, 2.75) is 84.1 Å². The van der Waals surface area contributed by atoms with Crippen molar-refractivity contribution in [3.05, 3.63) is 0 Å². The molecular weight excluding hydrogens is 226 g/mol.